The zero-order chi connectivity index (χ0) is 20.2. The van der Waals surface area contributed by atoms with Crippen LogP contribution < -0.4 is 15.4 Å². The molecule has 3 rings (SSSR count). The minimum atomic E-state index is -0.183. The summed E-state index contributed by atoms with van der Waals surface area (Å²) < 4.78 is 6.02. The van der Waals surface area contributed by atoms with E-state index in [2.05, 4.69) is 33.8 Å². The average Bonchev–Trinajstić information content (AvgIpc) is 2.77. The summed E-state index contributed by atoms with van der Waals surface area (Å²) in [5.74, 6) is 0.924. The van der Waals surface area contributed by atoms with Gasteiger partial charge in [-0.15, -0.1) is 0 Å². The largest absolute Gasteiger partial charge is 0.493 e. The summed E-state index contributed by atoms with van der Waals surface area (Å²) in [5, 5.41) is 5.65. The van der Waals surface area contributed by atoms with E-state index < -0.39 is 0 Å². The van der Waals surface area contributed by atoms with Crippen molar-refractivity contribution >= 4 is 11.7 Å². The first-order chi connectivity index (χ1) is 14.3. The van der Waals surface area contributed by atoms with Crippen LogP contribution in [0.1, 0.15) is 25.7 Å². The van der Waals surface area contributed by atoms with E-state index in [1.54, 1.807) is 24.5 Å². The lowest BCUT2D eigenvalue weighted by Gasteiger charge is -2.11. The molecule has 0 aliphatic carbocycles. The molecule has 2 N–H and O–H groups in total. The number of urea groups is 1. The Balaban J connectivity index is 1.29. The topological polar surface area (TPSA) is 63.2 Å². The molecule has 0 spiro atoms. The molecule has 150 valence electrons. The molecule has 0 aliphatic heterocycles. The quantitative estimate of drug-likeness (QED) is 0.449. The summed E-state index contributed by atoms with van der Waals surface area (Å²) in [6.07, 6.45) is 7.36. The number of anilines is 1. The molecule has 5 nitrogen and oxygen atoms in total. The molecule has 0 fully saturated rings. The van der Waals surface area contributed by atoms with Gasteiger partial charge in [0.15, 0.2) is 0 Å². The monoisotopic (exact) mass is 389 g/mol. The van der Waals surface area contributed by atoms with Crippen molar-refractivity contribution in [1.82, 2.24) is 10.3 Å². The number of hydrogen-bond donors (Lipinski definition) is 2. The number of carbonyl (C=O) groups is 1. The maximum Gasteiger partial charge on any atom is 0.319 e. The molecular weight excluding hydrogens is 362 g/mol. The Hall–Kier alpha value is -3.34. The number of benzene rings is 2. The maximum absolute atomic E-state index is 11.8. The third-order valence-corrected chi connectivity index (χ3v) is 4.52. The van der Waals surface area contributed by atoms with Gasteiger partial charge in [0.05, 0.1) is 6.61 Å². The second kappa shape index (κ2) is 11.5. The normalized spacial score (nSPS) is 10.3. The highest BCUT2D eigenvalue weighted by atomic mass is 16.5. The fraction of sp³-hybridized carbons (Fsp3) is 0.250. The Labute approximate surface area is 172 Å². The number of nitrogens with zero attached hydrogens (tertiary/aromatic N) is 1. The average molecular weight is 389 g/mol. The van der Waals surface area contributed by atoms with Gasteiger partial charge in [0.1, 0.15) is 5.75 Å². The van der Waals surface area contributed by atoms with Crippen LogP contribution >= 0.6 is 0 Å². The fourth-order valence-electron chi connectivity index (χ4n) is 3.02. The molecule has 29 heavy (non-hydrogen) atoms. The minimum absolute atomic E-state index is 0.183. The molecular formula is C24H27N3O2. The highest BCUT2D eigenvalue weighted by Gasteiger charge is 2.05. The van der Waals surface area contributed by atoms with Crippen molar-refractivity contribution in [3.8, 4) is 16.9 Å². The van der Waals surface area contributed by atoms with E-state index in [-0.39, 0.29) is 6.03 Å². The first-order valence-electron chi connectivity index (χ1n) is 10.0. The van der Waals surface area contributed by atoms with E-state index in [9.17, 15) is 4.79 Å². The molecule has 3 aromatic rings. The minimum Gasteiger partial charge on any atom is -0.493 e. The van der Waals surface area contributed by atoms with Crippen molar-refractivity contribution in [3.63, 3.8) is 0 Å². The molecule has 0 bridgehead atoms. The molecule has 0 saturated carbocycles. The molecule has 2 amide bonds. The van der Waals surface area contributed by atoms with Gasteiger partial charge < -0.3 is 15.4 Å². The lowest BCUT2D eigenvalue weighted by Crippen LogP contribution is -2.29. The molecule has 0 saturated heterocycles. The summed E-state index contributed by atoms with van der Waals surface area (Å²) in [6, 6.07) is 21.8. The first-order valence-corrected chi connectivity index (χ1v) is 10.0. The Bertz CT molecular complexity index is 870. The van der Waals surface area contributed by atoms with E-state index in [0.717, 1.165) is 42.7 Å². The second-order valence-corrected chi connectivity index (χ2v) is 6.74. The number of para-hydroxylation sites is 1. The van der Waals surface area contributed by atoms with Gasteiger partial charge in [0, 0.05) is 30.2 Å². The predicted octanol–water partition coefficient (Wildman–Crippen LogP) is 5.51. The van der Waals surface area contributed by atoms with Gasteiger partial charge in [-0.2, -0.15) is 0 Å². The van der Waals surface area contributed by atoms with Crippen molar-refractivity contribution in [1.29, 1.82) is 0 Å². The van der Waals surface area contributed by atoms with E-state index in [1.807, 2.05) is 36.4 Å². The second-order valence-electron chi connectivity index (χ2n) is 6.74. The first kappa shape index (κ1) is 20.4. The SMILES string of the molecule is O=C(NCCCCCCOc1ccccc1-c1ccccc1)Nc1ccncc1. The number of unbranched alkanes of at least 4 members (excludes halogenated alkanes) is 3. The van der Waals surface area contributed by atoms with Crippen LogP contribution in [-0.4, -0.2) is 24.2 Å². The lowest BCUT2D eigenvalue weighted by molar-refractivity contribution is 0.251. The standard InChI is InChI=1S/C24H27N3O2/c28-24(27-21-14-17-25-18-15-21)26-16-8-1-2-9-19-29-23-13-7-6-12-22(23)20-10-4-3-5-11-20/h3-7,10-15,17-18H,1-2,8-9,16,19H2,(H2,25,26,27,28). The van der Waals surface area contributed by atoms with Crippen LogP contribution in [0.15, 0.2) is 79.1 Å². The number of aromatic nitrogens is 1. The predicted molar refractivity (Wildman–Crippen MR) is 117 cm³/mol. The van der Waals surface area contributed by atoms with Crippen LogP contribution in [0.3, 0.4) is 0 Å². The number of ether oxygens (including phenoxy) is 1. The maximum atomic E-state index is 11.8. The highest BCUT2D eigenvalue weighted by molar-refractivity contribution is 5.89. The van der Waals surface area contributed by atoms with Crippen LogP contribution in [0.5, 0.6) is 5.75 Å². The molecule has 5 heteroatoms. The molecule has 1 aromatic heterocycles. The lowest BCUT2D eigenvalue weighted by atomic mass is 10.1. The molecule has 0 aliphatic rings. The third-order valence-electron chi connectivity index (χ3n) is 4.52. The summed E-state index contributed by atoms with van der Waals surface area (Å²) in [5.41, 5.74) is 3.03. The summed E-state index contributed by atoms with van der Waals surface area (Å²) in [7, 11) is 0. The molecule has 0 radical (unpaired) electrons. The van der Waals surface area contributed by atoms with Gasteiger partial charge in [-0.3, -0.25) is 4.98 Å². The van der Waals surface area contributed by atoms with Crippen LogP contribution in [0.4, 0.5) is 10.5 Å². The number of rotatable bonds is 10. The fourth-order valence-corrected chi connectivity index (χ4v) is 3.02. The number of pyridine rings is 1. The number of carbonyl (C=O) groups excluding carboxylic acids is 1. The van der Waals surface area contributed by atoms with Crippen LogP contribution in [0.2, 0.25) is 0 Å². The third kappa shape index (κ3) is 6.96. The van der Waals surface area contributed by atoms with Gasteiger partial charge in [-0.25, -0.2) is 4.79 Å². The Morgan fingerprint density at radius 3 is 2.38 bits per heavy atom. The van der Waals surface area contributed by atoms with Gasteiger partial charge in [0.2, 0.25) is 0 Å². The van der Waals surface area contributed by atoms with Crippen molar-refractivity contribution in [3.05, 3.63) is 79.1 Å². The van der Waals surface area contributed by atoms with E-state index in [1.165, 1.54) is 5.56 Å². The van der Waals surface area contributed by atoms with E-state index in [0.29, 0.717) is 13.2 Å². The van der Waals surface area contributed by atoms with Gasteiger partial charge in [0.25, 0.3) is 0 Å². The van der Waals surface area contributed by atoms with E-state index in [4.69, 9.17) is 4.74 Å². The summed E-state index contributed by atoms with van der Waals surface area (Å²) >= 11 is 0. The number of amides is 2. The van der Waals surface area contributed by atoms with Crippen LogP contribution in [0.25, 0.3) is 11.1 Å². The summed E-state index contributed by atoms with van der Waals surface area (Å²) in [4.78, 5) is 15.7. The Kier molecular flexibility index (Phi) is 8.08. The number of nitrogens with one attached hydrogen (secondary N) is 2. The summed E-state index contributed by atoms with van der Waals surface area (Å²) in [6.45, 7) is 1.36. The van der Waals surface area contributed by atoms with Gasteiger partial charge in [-0.1, -0.05) is 61.4 Å². The number of hydrogen-bond acceptors (Lipinski definition) is 3. The van der Waals surface area contributed by atoms with Crippen LogP contribution in [0, 0.1) is 0 Å². The van der Waals surface area contributed by atoms with Gasteiger partial charge in [-0.05, 0) is 36.6 Å². The van der Waals surface area contributed by atoms with Crippen LogP contribution in [-0.2, 0) is 0 Å². The molecule has 2 aromatic carbocycles. The Morgan fingerprint density at radius 2 is 1.55 bits per heavy atom. The molecule has 0 atom stereocenters. The zero-order valence-corrected chi connectivity index (χ0v) is 16.5. The highest BCUT2D eigenvalue weighted by Crippen LogP contribution is 2.29. The van der Waals surface area contributed by atoms with E-state index >= 15 is 0 Å². The van der Waals surface area contributed by atoms with Crippen molar-refractivity contribution < 1.29 is 9.53 Å². The Morgan fingerprint density at radius 1 is 0.828 bits per heavy atom. The molecule has 0 unspecified atom stereocenters. The smallest absolute Gasteiger partial charge is 0.319 e. The van der Waals surface area contributed by atoms with Crippen molar-refractivity contribution in [2.75, 3.05) is 18.5 Å². The zero-order valence-electron chi connectivity index (χ0n) is 16.5. The van der Waals surface area contributed by atoms with Crippen molar-refractivity contribution in [2.45, 2.75) is 25.7 Å². The van der Waals surface area contributed by atoms with Gasteiger partial charge >= 0.3 is 6.03 Å². The van der Waals surface area contributed by atoms with Crippen molar-refractivity contribution in [2.24, 2.45) is 0 Å². The molecule has 1 heterocycles.